The Morgan fingerprint density at radius 2 is 1.80 bits per heavy atom. The number of halogens is 2. The minimum atomic E-state index is -0.188. The van der Waals surface area contributed by atoms with Crippen LogP contribution in [0.15, 0.2) is 18.2 Å². The molecule has 136 valence electrons. The maximum Gasteiger partial charge on any atom is 0.223 e. The van der Waals surface area contributed by atoms with E-state index in [9.17, 15) is 9.59 Å². The Morgan fingerprint density at radius 3 is 2.40 bits per heavy atom. The summed E-state index contributed by atoms with van der Waals surface area (Å²) in [5.41, 5.74) is 6.39. The molecule has 2 amide bonds. The Bertz CT molecular complexity index is 654. The monoisotopic (exact) mass is 383 g/mol. The summed E-state index contributed by atoms with van der Waals surface area (Å²) in [4.78, 5) is 27.8. The van der Waals surface area contributed by atoms with Gasteiger partial charge in [0.15, 0.2) is 0 Å². The summed E-state index contributed by atoms with van der Waals surface area (Å²) >= 11 is 11.9. The molecule has 0 bridgehead atoms. The molecule has 0 aromatic heterocycles. The van der Waals surface area contributed by atoms with Crippen molar-refractivity contribution >= 4 is 35.0 Å². The highest BCUT2D eigenvalue weighted by Gasteiger charge is 2.36. The van der Waals surface area contributed by atoms with Crippen LogP contribution in [0, 0.1) is 5.92 Å². The lowest BCUT2D eigenvalue weighted by molar-refractivity contribution is -0.139. The zero-order valence-electron chi connectivity index (χ0n) is 14.1. The van der Waals surface area contributed by atoms with Crippen molar-refractivity contribution < 1.29 is 9.59 Å². The Kier molecular flexibility index (Phi) is 5.87. The number of primary amides is 1. The van der Waals surface area contributed by atoms with Gasteiger partial charge in [0.25, 0.3) is 0 Å². The topological polar surface area (TPSA) is 66.6 Å². The highest BCUT2D eigenvalue weighted by atomic mass is 35.5. The lowest BCUT2D eigenvalue weighted by atomic mass is 9.93. The number of piperidine rings is 1. The van der Waals surface area contributed by atoms with Crippen LogP contribution >= 0.6 is 23.2 Å². The van der Waals surface area contributed by atoms with Crippen LogP contribution in [0.3, 0.4) is 0 Å². The maximum absolute atomic E-state index is 12.3. The number of likely N-dealkylation sites (tertiary alicyclic amines) is 2. The fourth-order valence-corrected chi connectivity index (χ4v) is 3.86. The van der Waals surface area contributed by atoms with E-state index >= 15 is 0 Å². The predicted molar refractivity (Wildman–Crippen MR) is 98.6 cm³/mol. The minimum absolute atomic E-state index is 0.0141. The molecule has 5 nitrogen and oxygen atoms in total. The first-order valence-electron chi connectivity index (χ1n) is 8.69. The molecule has 2 aliphatic rings. The maximum atomic E-state index is 12.3. The van der Waals surface area contributed by atoms with Gasteiger partial charge >= 0.3 is 0 Å². The molecule has 1 aromatic carbocycles. The second-order valence-corrected chi connectivity index (χ2v) is 7.73. The molecule has 0 atom stereocenters. The second-order valence-electron chi connectivity index (χ2n) is 6.91. The summed E-state index contributed by atoms with van der Waals surface area (Å²) < 4.78 is 0. The van der Waals surface area contributed by atoms with E-state index in [-0.39, 0.29) is 17.7 Å². The van der Waals surface area contributed by atoms with Gasteiger partial charge in [0.2, 0.25) is 11.8 Å². The van der Waals surface area contributed by atoms with E-state index in [4.69, 9.17) is 28.9 Å². The number of rotatable bonds is 5. The van der Waals surface area contributed by atoms with E-state index in [1.807, 2.05) is 17.0 Å². The Morgan fingerprint density at radius 1 is 1.12 bits per heavy atom. The lowest BCUT2D eigenvalue weighted by Crippen LogP contribution is -2.62. The molecular formula is C18H23Cl2N3O2. The number of nitrogens with two attached hydrogens (primary N) is 1. The smallest absolute Gasteiger partial charge is 0.223 e. The third kappa shape index (κ3) is 4.46. The van der Waals surface area contributed by atoms with Crippen molar-refractivity contribution in [2.75, 3.05) is 26.2 Å². The van der Waals surface area contributed by atoms with Gasteiger partial charge in [-0.1, -0.05) is 29.3 Å². The van der Waals surface area contributed by atoms with Gasteiger partial charge in [0.1, 0.15) is 0 Å². The van der Waals surface area contributed by atoms with E-state index in [1.165, 1.54) is 0 Å². The minimum Gasteiger partial charge on any atom is -0.369 e. The predicted octanol–water partition coefficient (Wildman–Crippen LogP) is 2.33. The number of carbonyl (C=O) groups is 2. The Hall–Kier alpha value is -1.30. The molecule has 2 aliphatic heterocycles. The average Bonchev–Trinajstić information content (AvgIpc) is 2.55. The number of aryl methyl sites for hydroxylation is 1. The van der Waals surface area contributed by atoms with Crippen molar-refractivity contribution in [2.45, 2.75) is 31.7 Å². The molecule has 0 spiro atoms. The number of carbonyl (C=O) groups excluding carboxylic acids is 2. The molecule has 0 radical (unpaired) electrons. The fraction of sp³-hybridized carbons (Fsp3) is 0.556. The molecule has 2 fully saturated rings. The molecule has 2 saturated heterocycles. The zero-order chi connectivity index (χ0) is 18.0. The molecule has 0 saturated carbocycles. The quantitative estimate of drug-likeness (QED) is 0.848. The van der Waals surface area contributed by atoms with Gasteiger partial charge in [0, 0.05) is 31.5 Å². The first-order chi connectivity index (χ1) is 11.9. The van der Waals surface area contributed by atoms with Crippen LogP contribution in [0.25, 0.3) is 0 Å². The largest absolute Gasteiger partial charge is 0.369 e. The number of nitrogens with zero attached hydrogens (tertiary/aromatic N) is 2. The summed E-state index contributed by atoms with van der Waals surface area (Å²) in [6.45, 7) is 3.34. The highest BCUT2D eigenvalue weighted by Crippen LogP contribution is 2.25. The third-order valence-corrected chi connectivity index (χ3v) is 6.01. The van der Waals surface area contributed by atoms with Crippen LogP contribution < -0.4 is 5.73 Å². The first kappa shape index (κ1) is 18.5. The van der Waals surface area contributed by atoms with Crippen LogP contribution in [-0.2, 0) is 16.0 Å². The molecule has 0 aliphatic carbocycles. The van der Waals surface area contributed by atoms with Crippen LogP contribution in [0.4, 0.5) is 0 Å². The summed E-state index contributed by atoms with van der Waals surface area (Å²) in [5.74, 6) is 0.00183. The van der Waals surface area contributed by atoms with Gasteiger partial charge in [-0.2, -0.15) is 0 Å². The molecule has 2 heterocycles. The fourth-order valence-electron chi connectivity index (χ4n) is 3.54. The van der Waals surface area contributed by atoms with Gasteiger partial charge in [0.05, 0.1) is 10.0 Å². The molecular weight excluding hydrogens is 361 g/mol. The van der Waals surface area contributed by atoms with Crippen molar-refractivity contribution in [2.24, 2.45) is 11.7 Å². The molecule has 0 unspecified atom stereocenters. The van der Waals surface area contributed by atoms with Crippen molar-refractivity contribution in [3.05, 3.63) is 33.8 Å². The van der Waals surface area contributed by atoms with E-state index in [1.54, 1.807) is 6.07 Å². The lowest BCUT2D eigenvalue weighted by Gasteiger charge is -2.47. The van der Waals surface area contributed by atoms with Gasteiger partial charge in [-0.3, -0.25) is 14.5 Å². The SMILES string of the molecule is NC(=O)C1CCN(C2CN(C(=O)CCc3ccc(Cl)c(Cl)c3)C2)CC1. The van der Waals surface area contributed by atoms with Crippen molar-refractivity contribution in [1.82, 2.24) is 9.80 Å². The third-order valence-electron chi connectivity index (χ3n) is 5.27. The average molecular weight is 384 g/mol. The molecule has 7 heteroatoms. The van der Waals surface area contributed by atoms with Crippen molar-refractivity contribution in [3.8, 4) is 0 Å². The first-order valence-corrected chi connectivity index (χ1v) is 9.44. The summed E-state index contributed by atoms with van der Waals surface area (Å²) in [5, 5.41) is 1.05. The number of benzene rings is 1. The highest BCUT2D eigenvalue weighted by molar-refractivity contribution is 6.42. The van der Waals surface area contributed by atoms with Crippen molar-refractivity contribution in [1.29, 1.82) is 0 Å². The number of amides is 2. The van der Waals surface area contributed by atoms with Crippen molar-refractivity contribution in [3.63, 3.8) is 0 Å². The molecule has 1 aromatic rings. The summed E-state index contributed by atoms with van der Waals surface area (Å²) in [6, 6.07) is 5.91. The Balaban J connectivity index is 1.40. The van der Waals surface area contributed by atoms with Gasteiger partial charge < -0.3 is 10.6 Å². The normalized spacial score (nSPS) is 19.7. The van der Waals surface area contributed by atoms with Gasteiger partial charge in [-0.25, -0.2) is 0 Å². The number of hydrogen-bond donors (Lipinski definition) is 1. The molecule has 3 rings (SSSR count). The van der Waals surface area contributed by atoms with Crippen LogP contribution in [0.2, 0.25) is 10.0 Å². The zero-order valence-corrected chi connectivity index (χ0v) is 15.6. The van der Waals surface area contributed by atoms with E-state index < -0.39 is 0 Å². The van der Waals surface area contributed by atoms with Gasteiger partial charge in [-0.05, 0) is 50.0 Å². The second kappa shape index (κ2) is 7.94. The molecule has 2 N–H and O–H groups in total. The van der Waals surface area contributed by atoms with E-state index in [0.29, 0.717) is 28.9 Å². The summed E-state index contributed by atoms with van der Waals surface area (Å²) in [7, 11) is 0. The van der Waals surface area contributed by atoms with E-state index in [0.717, 1.165) is 44.6 Å². The summed E-state index contributed by atoms with van der Waals surface area (Å²) in [6.07, 6.45) is 2.81. The van der Waals surface area contributed by atoms with E-state index in [2.05, 4.69) is 4.90 Å². The van der Waals surface area contributed by atoms with Crippen LogP contribution in [0.5, 0.6) is 0 Å². The van der Waals surface area contributed by atoms with Gasteiger partial charge in [-0.15, -0.1) is 0 Å². The van der Waals surface area contributed by atoms with Crippen LogP contribution in [-0.4, -0.2) is 53.8 Å². The Labute approximate surface area is 158 Å². The number of hydrogen-bond acceptors (Lipinski definition) is 3. The standard InChI is InChI=1S/C18H23Cl2N3O2/c19-15-3-1-12(9-16(15)20)2-4-17(24)23-10-14(11-23)22-7-5-13(6-8-22)18(21)25/h1,3,9,13-14H,2,4-8,10-11H2,(H2,21,25). The molecule has 25 heavy (non-hydrogen) atoms. The van der Waals surface area contributed by atoms with Crippen LogP contribution in [0.1, 0.15) is 24.8 Å².